The number of benzene rings is 2. The molecule has 1 heterocycles. The zero-order valence-corrected chi connectivity index (χ0v) is 17.8. The molecule has 0 saturated heterocycles. The first-order valence-electron chi connectivity index (χ1n) is 8.54. The average molecular weight is 450 g/mol. The van der Waals surface area contributed by atoms with Gasteiger partial charge in [0.25, 0.3) is 5.91 Å². The molecule has 2 amide bonds. The molecular weight excluding hydrogens is 433 g/mol. The first-order valence-corrected chi connectivity index (χ1v) is 10.1. The van der Waals surface area contributed by atoms with Gasteiger partial charge in [-0.1, -0.05) is 40.6 Å². The molecule has 0 aliphatic rings. The maximum absolute atomic E-state index is 12.4. The van der Waals surface area contributed by atoms with Crippen LogP contribution in [0.25, 0.3) is 10.2 Å². The van der Waals surface area contributed by atoms with Crippen LogP contribution in [0.1, 0.15) is 6.92 Å². The molecule has 0 radical (unpaired) electrons. The molecule has 150 valence electrons. The van der Waals surface area contributed by atoms with Crippen LogP contribution >= 0.6 is 34.5 Å². The molecule has 0 spiro atoms. The average Bonchev–Trinajstić information content (AvgIpc) is 2.97. The molecule has 1 N–H and O–H groups in total. The Labute approximate surface area is 181 Å². The fourth-order valence-corrected chi connectivity index (χ4v) is 4.17. The summed E-state index contributed by atoms with van der Waals surface area (Å²) in [7, 11) is 0. The topological polar surface area (TPSA) is 72.7 Å². The van der Waals surface area contributed by atoms with Gasteiger partial charge in [-0.15, -0.1) is 6.58 Å². The van der Waals surface area contributed by atoms with Gasteiger partial charge in [-0.2, -0.15) is 4.99 Å². The molecule has 3 aromatic rings. The van der Waals surface area contributed by atoms with Crippen LogP contribution < -0.4 is 14.9 Å². The summed E-state index contributed by atoms with van der Waals surface area (Å²) in [6.07, 6.45) is 1.72. The highest BCUT2D eigenvalue weighted by Crippen LogP contribution is 2.27. The second-order valence-electron chi connectivity index (χ2n) is 6.02. The van der Waals surface area contributed by atoms with Crippen LogP contribution in [0.3, 0.4) is 0 Å². The highest BCUT2D eigenvalue weighted by molar-refractivity contribution is 7.16. The molecule has 29 heavy (non-hydrogen) atoms. The van der Waals surface area contributed by atoms with E-state index in [1.54, 1.807) is 24.3 Å². The Balaban J connectivity index is 1.88. The molecule has 0 atom stereocenters. The summed E-state index contributed by atoms with van der Waals surface area (Å²) >= 11 is 13.2. The van der Waals surface area contributed by atoms with E-state index in [-0.39, 0.29) is 12.5 Å². The number of fused-ring (bicyclic) bond motifs is 1. The lowest BCUT2D eigenvalue weighted by atomic mass is 10.3. The van der Waals surface area contributed by atoms with E-state index in [9.17, 15) is 9.59 Å². The number of hydrogen-bond acceptors (Lipinski definition) is 4. The Morgan fingerprint density at radius 2 is 2.07 bits per heavy atom. The van der Waals surface area contributed by atoms with Gasteiger partial charge in [0.2, 0.25) is 5.91 Å². The number of ether oxygens (including phenoxy) is 1. The number of rotatable bonds is 6. The van der Waals surface area contributed by atoms with Crippen molar-refractivity contribution in [3.63, 3.8) is 0 Å². The van der Waals surface area contributed by atoms with Crippen molar-refractivity contribution in [2.45, 2.75) is 13.5 Å². The van der Waals surface area contributed by atoms with Gasteiger partial charge < -0.3 is 14.6 Å². The van der Waals surface area contributed by atoms with Gasteiger partial charge in [0.1, 0.15) is 5.75 Å². The first-order chi connectivity index (χ1) is 13.9. The van der Waals surface area contributed by atoms with E-state index in [1.165, 1.54) is 24.3 Å². The molecule has 0 aliphatic carbocycles. The van der Waals surface area contributed by atoms with E-state index in [2.05, 4.69) is 16.9 Å². The summed E-state index contributed by atoms with van der Waals surface area (Å²) in [6, 6.07) is 10.3. The minimum Gasteiger partial charge on any atom is -0.482 e. The third-order valence-electron chi connectivity index (χ3n) is 3.78. The molecule has 0 aliphatic heterocycles. The molecule has 0 saturated carbocycles. The fraction of sp³-hybridized carbons (Fsp3) is 0.150. The number of halogens is 2. The highest BCUT2D eigenvalue weighted by Gasteiger charge is 2.10. The smallest absolute Gasteiger partial charge is 0.286 e. The van der Waals surface area contributed by atoms with Crippen molar-refractivity contribution in [3.05, 3.63) is 63.9 Å². The first kappa shape index (κ1) is 21.1. The summed E-state index contributed by atoms with van der Waals surface area (Å²) in [4.78, 5) is 28.3. The van der Waals surface area contributed by atoms with Crippen LogP contribution in [-0.4, -0.2) is 23.0 Å². The van der Waals surface area contributed by atoms with Gasteiger partial charge in [-0.3, -0.25) is 9.59 Å². The number of nitrogens with one attached hydrogen (secondary N) is 1. The number of carbonyl (C=O) groups is 2. The van der Waals surface area contributed by atoms with Crippen LogP contribution in [-0.2, 0) is 16.1 Å². The predicted octanol–water partition coefficient (Wildman–Crippen LogP) is 4.66. The predicted molar refractivity (Wildman–Crippen MR) is 117 cm³/mol. The lowest BCUT2D eigenvalue weighted by molar-refractivity contribution is -0.120. The number of thiazole rings is 1. The molecular formula is C20H17Cl2N3O3S. The summed E-state index contributed by atoms with van der Waals surface area (Å²) in [5.74, 6) is -0.254. The largest absolute Gasteiger partial charge is 0.482 e. The van der Waals surface area contributed by atoms with Crippen LogP contribution in [0.4, 0.5) is 5.69 Å². The van der Waals surface area contributed by atoms with Gasteiger partial charge in [-0.25, -0.2) is 0 Å². The van der Waals surface area contributed by atoms with E-state index in [1.807, 2.05) is 16.7 Å². The molecule has 6 nitrogen and oxygen atoms in total. The van der Waals surface area contributed by atoms with Crippen molar-refractivity contribution < 1.29 is 14.3 Å². The summed E-state index contributed by atoms with van der Waals surface area (Å²) in [6.45, 7) is 5.43. The van der Waals surface area contributed by atoms with Crippen molar-refractivity contribution >= 4 is 62.3 Å². The molecule has 0 unspecified atom stereocenters. The summed E-state index contributed by atoms with van der Waals surface area (Å²) in [5, 5.41) is 3.54. The fourth-order valence-electron chi connectivity index (χ4n) is 2.62. The van der Waals surface area contributed by atoms with Crippen LogP contribution in [0.2, 0.25) is 10.0 Å². The zero-order valence-electron chi connectivity index (χ0n) is 15.4. The SMILES string of the molecule is C=CCn1c(=NC(=O)COc2ccc(Cl)cc2Cl)sc2cc(NC(C)=O)ccc21. The van der Waals surface area contributed by atoms with Crippen molar-refractivity contribution in [1.29, 1.82) is 0 Å². The van der Waals surface area contributed by atoms with E-state index < -0.39 is 5.91 Å². The minimum atomic E-state index is -0.456. The molecule has 0 bridgehead atoms. The van der Waals surface area contributed by atoms with Gasteiger partial charge >= 0.3 is 0 Å². The van der Waals surface area contributed by atoms with Crippen molar-refractivity contribution in [1.82, 2.24) is 4.57 Å². The Morgan fingerprint density at radius 3 is 2.76 bits per heavy atom. The monoisotopic (exact) mass is 449 g/mol. The quantitative estimate of drug-likeness (QED) is 0.556. The van der Waals surface area contributed by atoms with Crippen molar-refractivity contribution in [2.75, 3.05) is 11.9 Å². The van der Waals surface area contributed by atoms with Crippen LogP contribution in [0, 0.1) is 0 Å². The van der Waals surface area contributed by atoms with Gasteiger partial charge in [-0.05, 0) is 36.4 Å². The maximum atomic E-state index is 12.4. The molecule has 9 heteroatoms. The van der Waals surface area contributed by atoms with Gasteiger partial charge in [0.05, 0.1) is 15.2 Å². The lowest BCUT2D eigenvalue weighted by Crippen LogP contribution is -2.19. The third-order valence-corrected chi connectivity index (χ3v) is 5.35. The Morgan fingerprint density at radius 1 is 1.28 bits per heavy atom. The van der Waals surface area contributed by atoms with E-state index in [4.69, 9.17) is 27.9 Å². The van der Waals surface area contributed by atoms with Crippen molar-refractivity contribution in [3.8, 4) is 5.75 Å². The molecule has 3 rings (SSSR count). The maximum Gasteiger partial charge on any atom is 0.286 e. The third kappa shape index (κ3) is 5.26. The lowest BCUT2D eigenvalue weighted by Gasteiger charge is -2.06. The minimum absolute atomic E-state index is 0.155. The van der Waals surface area contributed by atoms with Crippen molar-refractivity contribution in [2.24, 2.45) is 4.99 Å². The number of amides is 2. The van der Waals surface area contributed by atoms with E-state index >= 15 is 0 Å². The Bertz CT molecular complexity index is 1170. The van der Waals surface area contributed by atoms with Crippen LogP contribution in [0.5, 0.6) is 5.75 Å². The Kier molecular flexibility index (Phi) is 6.74. The van der Waals surface area contributed by atoms with Gasteiger partial charge in [0.15, 0.2) is 11.4 Å². The second-order valence-corrected chi connectivity index (χ2v) is 7.87. The van der Waals surface area contributed by atoms with Gasteiger partial charge in [0, 0.05) is 24.2 Å². The van der Waals surface area contributed by atoms with E-state index in [0.29, 0.717) is 32.8 Å². The molecule has 2 aromatic carbocycles. The number of hydrogen-bond donors (Lipinski definition) is 1. The Hall–Kier alpha value is -2.61. The van der Waals surface area contributed by atoms with Crippen LogP contribution in [0.15, 0.2) is 54.0 Å². The number of anilines is 1. The number of carbonyl (C=O) groups excluding carboxylic acids is 2. The number of aromatic nitrogens is 1. The number of allylic oxidation sites excluding steroid dienone is 1. The highest BCUT2D eigenvalue weighted by atomic mass is 35.5. The zero-order chi connectivity index (χ0) is 21.0. The number of nitrogens with zero attached hydrogens (tertiary/aromatic N) is 2. The molecule has 0 fully saturated rings. The van der Waals surface area contributed by atoms with E-state index in [0.717, 1.165) is 10.2 Å². The summed E-state index contributed by atoms with van der Waals surface area (Å²) < 4.78 is 8.21. The second kappa shape index (κ2) is 9.26. The molecule has 1 aromatic heterocycles. The normalized spacial score (nSPS) is 11.5. The standard InChI is InChI=1S/C20H17Cl2N3O3S/c1-3-8-25-16-6-5-14(23-12(2)26)10-18(16)29-20(25)24-19(27)11-28-17-7-4-13(21)9-15(17)22/h3-7,9-10H,1,8,11H2,2H3,(H,23,26). The summed E-state index contributed by atoms with van der Waals surface area (Å²) in [5.41, 5.74) is 1.56.